The lowest BCUT2D eigenvalue weighted by molar-refractivity contribution is -0.889. The summed E-state index contributed by atoms with van der Waals surface area (Å²) in [5, 5.41) is 11.6. The molecule has 2 unspecified atom stereocenters. The van der Waals surface area contributed by atoms with Gasteiger partial charge < -0.3 is 28.6 Å². The molecule has 0 N–H and O–H groups in total. The van der Waals surface area contributed by atoms with E-state index in [4.69, 9.17) is 14.2 Å². The second-order valence-corrected chi connectivity index (χ2v) is 16.6. The second-order valence-electron chi connectivity index (χ2n) is 16.6. The summed E-state index contributed by atoms with van der Waals surface area (Å²) in [6.07, 6.45) is 52.3. The van der Waals surface area contributed by atoms with Gasteiger partial charge in [0.25, 0.3) is 0 Å². The predicted molar refractivity (Wildman–Crippen MR) is 245 cm³/mol. The Balaban J connectivity index is 4.44. The third kappa shape index (κ3) is 40.0. The summed E-state index contributed by atoms with van der Waals surface area (Å²) >= 11 is 0. The molecule has 0 rings (SSSR count). The number of allylic oxidation sites excluding steroid dienone is 12. The Morgan fingerprint density at radius 1 is 0.525 bits per heavy atom. The van der Waals surface area contributed by atoms with Crippen molar-refractivity contribution in [3.8, 4) is 0 Å². The van der Waals surface area contributed by atoms with E-state index in [0.29, 0.717) is 12.8 Å². The van der Waals surface area contributed by atoms with Gasteiger partial charge in [-0.3, -0.25) is 9.59 Å². The fourth-order valence-electron chi connectivity index (χ4n) is 6.51. The first-order valence-electron chi connectivity index (χ1n) is 23.5. The number of ether oxygens (including phenoxy) is 3. The van der Waals surface area contributed by atoms with Crippen LogP contribution in [0.3, 0.4) is 0 Å². The van der Waals surface area contributed by atoms with Crippen molar-refractivity contribution in [2.24, 2.45) is 0 Å². The number of hydrogen-bond acceptors (Lipinski definition) is 7. The Morgan fingerprint density at radius 3 is 1.37 bits per heavy atom. The number of carboxylic acid groups (broad SMARTS) is 1. The summed E-state index contributed by atoms with van der Waals surface area (Å²) in [4.78, 5) is 36.9. The van der Waals surface area contributed by atoms with Gasteiger partial charge >= 0.3 is 11.9 Å². The zero-order valence-electron chi connectivity index (χ0n) is 38.4. The number of aliphatic carboxylic acids is 1. The van der Waals surface area contributed by atoms with Crippen molar-refractivity contribution in [2.45, 2.75) is 193 Å². The maximum atomic E-state index is 12.7. The van der Waals surface area contributed by atoms with Crippen LogP contribution in [-0.4, -0.2) is 75.5 Å². The van der Waals surface area contributed by atoms with E-state index >= 15 is 0 Å². The van der Waals surface area contributed by atoms with Gasteiger partial charge in [-0.25, -0.2) is 0 Å². The Bertz CT molecular complexity index is 1190. The summed E-state index contributed by atoms with van der Waals surface area (Å²) in [6, 6.07) is -0.741. The molecular weight excluding hydrogens is 739 g/mol. The van der Waals surface area contributed by atoms with Gasteiger partial charge in [-0.2, -0.15) is 0 Å². The molecule has 59 heavy (non-hydrogen) atoms. The van der Waals surface area contributed by atoms with Crippen molar-refractivity contribution >= 4 is 17.9 Å². The molecule has 0 aliphatic rings. The van der Waals surface area contributed by atoms with Crippen LogP contribution in [-0.2, 0) is 28.6 Å². The Hall–Kier alpha value is -3.23. The van der Waals surface area contributed by atoms with Crippen molar-refractivity contribution in [2.75, 3.05) is 41.0 Å². The fourth-order valence-corrected chi connectivity index (χ4v) is 6.51. The summed E-state index contributed by atoms with van der Waals surface area (Å²) in [5.74, 6) is -1.84. The lowest BCUT2D eigenvalue weighted by Crippen LogP contribution is -2.55. The average Bonchev–Trinajstić information content (AvgIpc) is 3.19. The van der Waals surface area contributed by atoms with Crippen LogP contribution in [0.4, 0.5) is 0 Å². The zero-order chi connectivity index (χ0) is 43.5. The van der Waals surface area contributed by atoms with E-state index in [2.05, 4.69) is 74.6 Å². The minimum absolute atomic E-state index is 0.00882. The van der Waals surface area contributed by atoms with Crippen molar-refractivity contribution in [3.63, 3.8) is 0 Å². The second kappa shape index (κ2) is 41.5. The number of nitrogens with zero attached hydrogens (tertiary/aromatic N) is 1. The van der Waals surface area contributed by atoms with Crippen molar-refractivity contribution < 1.29 is 38.2 Å². The molecule has 0 aliphatic heterocycles. The van der Waals surface area contributed by atoms with Gasteiger partial charge in [0.2, 0.25) is 0 Å². The normalized spacial score (nSPS) is 13.6. The molecule has 8 heteroatoms. The molecule has 0 aliphatic carbocycles. The number of carbonyl (C=O) groups is 3. The number of carboxylic acids is 1. The van der Waals surface area contributed by atoms with Crippen molar-refractivity contribution in [1.82, 2.24) is 0 Å². The summed E-state index contributed by atoms with van der Waals surface area (Å²) in [5.41, 5.74) is 0. The molecule has 0 amide bonds. The molecular formula is C51H87NO7. The molecule has 0 bridgehead atoms. The highest BCUT2D eigenvalue weighted by atomic mass is 16.6. The predicted octanol–water partition coefficient (Wildman–Crippen LogP) is 11.8. The molecule has 0 saturated carbocycles. The largest absolute Gasteiger partial charge is 0.544 e. The summed E-state index contributed by atoms with van der Waals surface area (Å²) in [6.45, 7) is 4.47. The summed E-state index contributed by atoms with van der Waals surface area (Å²) < 4.78 is 17.1. The monoisotopic (exact) mass is 826 g/mol. The lowest BCUT2D eigenvalue weighted by Gasteiger charge is -2.34. The number of esters is 2. The first-order valence-corrected chi connectivity index (χ1v) is 23.5. The number of rotatable bonds is 41. The standard InChI is InChI=1S/C51H87NO7/c1-6-8-10-12-14-16-18-20-22-24-25-26-28-30-32-34-36-38-40-42-50(54)59-47(45-57-44-43-48(51(55)56)52(3,4)5)46-58-49(53)41-39-37-35-33-31-29-27-23-21-19-17-15-13-11-9-7-2/h8,10,14,16,20,22,25-26,30,32,36,38,47-48H,6-7,9,11-13,15,17-19,21,23-24,27-29,31,33-35,37,39-46H2,1-5H3/b10-8+,16-14+,22-20+,26-25+,32-30+,38-36+. The van der Waals surface area contributed by atoms with Gasteiger partial charge in [-0.1, -0.05) is 183 Å². The topological polar surface area (TPSA) is 102 Å². The highest BCUT2D eigenvalue weighted by Crippen LogP contribution is 2.15. The molecule has 0 heterocycles. The van der Waals surface area contributed by atoms with Crippen LogP contribution >= 0.6 is 0 Å². The first kappa shape index (κ1) is 55.8. The van der Waals surface area contributed by atoms with E-state index in [0.717, 1.165) is 57.8 Å². The van der Waals surface area contributed by atoms with Crippen LogP contribution < -0.4 is 5.11 Å². The number of likely N-dealkylation sites (N-methyl/N-ethyl adjacent to an activating group) is 1. The van der Waals surface area contributed by atoms with Crippen LogP contribution in [0.25, 0.3) is 0 Å². The van der Waals surface area contributed by atoms with Crippen LogP contribution in [0.1, 0.15) is 181 Å². The van der Waals surface area contributed by atoms with E-state index < -0.39 is 24.1 Å². The molecule has 338 valence electrons. The maximum absolute atomic E-state index is 12.7. The minimum Gasteiger partial charge on any atom is -0.544 e. The molecule has 0 saturated heterocycles. The molecule has 0 aromatic rings. The number of unbranched alkanes of at least 4 members (excludes halogenated alkanes) is 15. The number of hydrogen-bond donors (Lipinski definition) is 0. The molecule has 8 nitrogen and oxygen atoms in total. The van der Waals surface area contributed by atoms with Gasteiger partial charge in [0.05, 0.1) is 40.3 Å². The Kier molecular flexibility index (Phi) is 39.2. The van der Waals surface area contributed by atoms with Gasteiger partial charge in [-0.15, -0.1) is 0 Å². The van der Waals surface area contributed by atoms with Gasteiger partial charge in [0.15, 0.2) is 6.10 Å². The van der Waals surface area contributed by atoms with Crippen molar-refractivity contribution in [1.29, 1.82) is 0 Å². The maximum Gasteiger partial charge on any atom is 0.306 e. The van der Waals surface area contributed by atoms with Crippen LogP contribution in [0.5, 0.6) is 0 Å². The average molecular weight is 826 g/mol. The van der Waals surface area contributed by atoms with Gasteiger partial charge in [0.1, 0.15) is 12.6 Å². The van der Waals surface area contributed by atoms with Gasteiger partial charge in [0, 0.05) is 19.3 Å². The molecule has 0 aromatic heterocycles. The van der Waals surface area contributed by atoms with Crippen LogP contribution in [0, 0.1) is 0 Å². The minimum atomic E-state index is -1.14. The molecule has 0 radical (unpaired) electrons. The molecule has 0 fully saturated rings. The van der Waals surface area contributed by atoms with E-state index in [1.807, 2.05) is 12.2 Å². The van der Waals surface area contributed by atoms with Crippen molar-refractivity contribution in [3.05, 3.63) is 72.9 Å². The highest BCUT2D eigenvalue weighted by molar-refractivity contribution is 5.70. The van der Waals surface area contributed by atoms with E-state index in [1.165, 1.54) is 83.5 Å². The SMILES string of the molecule is CC/C=C/C/C=C/C/C=C/C/C=C/C/C=C/C/C=C/CCC(=O)OC(COCCC(C(=O)[O-])[N+](C)(C)C)COC(=O)CCCCCCCCCCCCCCCCCC. The fraction of sp³-hybridized carbons (Fsp3) is 0.706. The first-order chi connectivity index (χ1) is 28.6. The van der Waals surface area contributed by atoms with E-state index in [-0.39, 0.29) is 43.1 Å². The van der Waals surface area contributed by atoms with E-state index in [9.17, 15) is 19.5 Å². The highest BCUT2D eigenvalue weighted by Gasteiger charge is 2.25. The third-order valence-electron chi connectivity index (χ3n) is 10.1. The third-order valence-corrected chi connectivity index (χ3v) is 10.1. The smallest absolute Gasteiger partial charge is 0.306 e. The quantitative estimate of drug-likeness (QED) is 0.0262. The number of carbonyl (C=O) groups excluding carboxylic acids is 3. The molecule has 0 aromatic carbocycles. The van der Waals surface area contributed by atoms with Crippen LogP contribution in [0.15, 0.2) is 72.9 Å². The Morgan fingerprint density at radius 2 is 0.949 bits per heavy atom. The van der Waals surface area contributed by atoms with Crippen LogP contribution in [0.2, 0.25) is 0 Å². The Labute approximate surface area is 361 Å². The lowest BCUT2D eigenvalue weighted by atomic mass is 10.0. The molecule has 0 spiro atoms. The zero-order valence-corrected chi connectivity index (χ0v) is 38.4. The van der Waals surface area contributed by atoms with Gasteiger partial charge in [-0.05, 0) is 51.4 Å². The summed E-state index contributed by atoms with van der Waals surface area (Å²) in [7, 11) is 5.38. The molecule has 2 atom stereocenters. The van der Waals surface area contributed by atoms with E-state index in [1.54, 1.807) is 21.1 Å². The number of quaternary nitrogens is 1.